The summed E-state index contributed by atoms with van der Waals surface area (Å²) in [6.45, 7) is 6.85. The van der Waals surface area contributed by atoms with E-state index in [0.29, 0.717) is 19.5 Å². The van der Waals surface area contributed by atoms with Gasteiger partial charge in [-0.3, -0.25) is 9.69 Å². The van der Waals surface area contributed by atoms with Gasteiger partial charge < -0.3 is 5.32 Å². The number of hydrogen-bond acceptors (Lipinski definition) is 4. The summed E-state index contributed by atoms with van der Waals surface area (Å²) in [6, 6.07) is 0.273. The van der Waals surface area contributed by atoms with E-state index in [1.807, 2.05) is 19.2 Å². The Morgan fingerprint density at radius 2 is 2.44 bits per heavy atom. The fourth-order valence-corrected chi connectivity index (χ4v) is 2.45. The molecule has 1 amide bonds. The summed E-state index contributed by atoms with van der Waals surface area (Å²) in [5, 5.41) is 6.02. The first kappa shape index (κ1) is 14.7. The molecule has 0 saturated heterocycles. The van der Waals surface area contributed by atoms with Gasteiger partial charge in [-0.25, -0.2) is 4.98 Å². The van der Waals surface area contributed by atoms with Gasteiger partial charge in [0, 0.05) is 37.9 Å². The van der Waals surface area contributed by atoms with Gasteiger partial charge in [-0.05, 0) is 13.8 Å². The van der Waals surface area contributed by atoms with Crippen LogP contribution in [0.15, 0.2) is 5.38 Å². The Hall–Kier alpha value is -1.38. The van der Waals surface area contributed by atoms with Crippen LogP contribution < -0.4 is 10.2 Å². The molecule has 4 nitrogen and oxygen atoms in total. The minimum Gasteiger partial charge on any atom is -0.308 e. The van der Waals surface area contributed by atoms with Crippen molar-refractivity contribution < 1.29 is 4.79 Å². The van der Waals surface area contributed by atoms with Crippen LogP contribution in [0.2, 0.25) is 0 Å². The molecule has 1 aromatic rings. The molecule has 1 unspecified atom stereocenters. The lowest BCUT2D eigenvalue weighted by atomic mass is 10.2. The summed E-state index contributed by atoms with van der Waals surface area (Å²) < 4.78 is 0. The lowest BCUT2D eigenvalue weighted by Crippen LogP contribution is -2.28. The highest BCUT2D eigenvalue weighted by Gasteiger charge is 2.13. The molecule has 1 aromatic heterocycles. The van der Waals surface area contributed by atoms with E-state index in [-0.39, 0.29) is 11.9 Å². The smallest absolute Gasteiger partial charge is 0.225 e. The maximum absolute atomic E-state index is 11.4. The van der Waals surface area contributed by atoms with E-state index in [9.17, 15) is 4.79 Å². The third-order valence-corrected chi connectivity index (χ3v) is 3.43. The molecule has 0 aliphatic carbocycles. The van der Waals surface area contributed by atoms with E-state index in [1.165, 1.54) is 11.3 Å². The highest BCUT2D eigenvalue weighted by molar-refractivity contribution is 7.14. The van der Waals surface area contributed by atoms with E-state index >= 15 is 0 Å². The summed E-state index contributed by atoms with van der Waals surface area (Å²) in [5.74, 6) is 2.64. The molecular weight excluding hydrogens is 246 g/mol. The quantitative estimate of drug-likeness (QED) is 0.800. The second kappa shape index (κ2) is 7.14. The van der Waals surface area contributed by atoms with E-state index in [2.05, 4.69) is 16.2 Å². The van der Waals surface area contributed by atoms with Gasteiger partial charge in [-0.2, -0.15) is 0 Å². The number of amides is 1. The lowest BCUT2D eigenvalue weighted by Gasteiger charge is -2.14. The van der Waals surface area contributed by atoms with E-state index in [1.54, 1.807) is 11.8 Å². The fraction of sp³-hybridized carbons (Fsp3) is 0.538. The average Bonchev–Trinajstić information content (AvgIpc) is 2.76. The first-order valence-electron chi connectivity index (χ1n) is 5.97. The summed E-state index contributed by atoms with van der Waals surface area (Å²) in [6.07, 6.45) is 5.95. The van der Waals surface area contributed by atoms with Crippen molar-refractivity contribution in [2.75, 3.05) is 11.4 Å². The Kier molecular flexibility index (Phi) is 5.83. The summed E-state index contributed by atoms with van der Waals surface area (Å²) >= 11 is 1.49. The number of anilines is 1. The van der Waals surface area contributed by atoms with Gasteiger partial charge in [0.15, 0.2) is 5.13 Å². The summed E-state index contributed by atoms with van der Waals surface area (Å²) in [7, 11) is 0. The number of rotatable bonds is 6. The van der Waals surface area contributed by atoms with Gasteiger partial charge >= 0.3 is 0 Å². The van der Waals surface area contributed by atoms with Gasteiger partial charge in [0.25, 0.3) is 0 Å². The molecule has 98 valence electrons. The molecule has 0 bridgehead atoms. The van der Waals surface area contributed by atoms with Gasteiger partial charge in [0.1, 0.15) is 0 Å². The molecule has 18 heavy (non-hydrogen) atoms. The number of thiazole rings is 1. The number of hydrogen-bond donors (Lipinski definition) is 1. The number of nitrogens with one attached hydrogen (secondary N) is 1. The van der Waals surface area contributed by atoms with Crippen molar-refractivity contribution in [2.45, 2.75) is 39.8 Å². The molecule has 1 heterocycles. The minimum atomic E-state index is 0.0204. The minimum absolute atomic E-state index is 0.0204. The molecule has 0 aromatic carbocycles. The van der Waals surface area contributed by atoms with Crippen LogP contribution in [0.5, 0.6) is 0 Å². The zero-order valence-corrected chi connectivity index (χ0v) is 11.9. The molecule has 5 heteroatoms. The Morgan fingerprint density at radius 1 is 1.72 bits per heavy atom. The SMILES string of the molecule is C#CCC(C)NCc1csc(N(CC)C(C)=O)n1. The monoisotopic (exact) mass is 265 g/mol. The Bertz CT molecular complexity index is 436. The fourth-order valence-electron chi connectivity index (χ4n) is 1.52. The Balaban J connectivity index is 2.58. The Labute approximate surface area is 112 Å². The molecule has 0 fully saturated rings. The first-order chi connectivity index (χ1) is 8.58. The standard InChI is InChI=1S/C13H19N3OS/c1-5-7-10(3)14-8-12-9-18-13(15-12)16(6-2)11(4)17/h1,9-10,14H,6-8H2,2-4H3. The second-order valence-electron chi connectivity index (χ2n) is 4.07. The summed E-state index contributed by atoms with van der Waals surface area (Å²) in [5.41, 5.74) is 0.943. The van der Waals surface area contributed by atoms with Crippen LogP contribution >= 0.6 is 11.3 Å². The van der Waals surface area contributed by atoms with Crippen LogP contribution in [-0.2, 0) is 11.3 Å². The zero-order chi connectivity index (χ0) is 13.5. The van der Waals surface area contributed by atoms with E-state index in [0.717, 1.165) is 10.8 Å². The van der Waals surface area contributed by atoms with Gasteiger partial charge in [0.2, 0.25) is 5.91 Å². The number of nitrogens with zero attached hydrogens (tertiary/aromatic N) is 2. The highest BCUT2D eigenvalue weighted by atomic mass is 32.1. The van der Waals surface area contributed by atoms with Crippen LogP contribution in [0.3, 0.4) is 0 Å². The van der Waals surface area contributed by atoms with Gasteiger partial charge in [-0.15, -0.1) is 23.7 Å². The van der Waals surface area contributed by atoms with Crippen molar-refractivity contribution in [2.24, 2.45) is 0 Å². The van der Waals surface area contributed by atoms with E-state index in [4.69, 9.17) is 6.42 Å². The van der Waals surface area contributed by atoms with Crippen LogP contribution in [0, 0.1) is 12.3 Å². The predicted molar refractivity (Wildman–Crippen MR) is 75.6 cm³/mol. The van der Waals surface area contributed by atoms with Crippen molar-refractivity contribution in [3.05, 3.63) is 11.1 Å². The summed E-state index contributed by atoms with van der Waals surface area (Å²) in [4.78, 5) is 17.5. The van der Waals surface area contributed by atoms with Crippen LogP contribution in [0.4, 0.5) is 5.13 Å². The number of terminal acetylenes is 1. The molecule has 1 rings (SSSR count). The predicted octanol–water partition coefficient (Wildman–Crippen LogP) is 2.02. The molecule has 0 spiro atoms. The normalized spacial score (nSPS) is 11.9. The zero-order valence-electron chi connectivity index (χ0n) is 11.1. The molecule has 0 aliphatic rings. The van der Waals surface area contributed by atoms with Crippen molar-refractivity contribution in [3.8, 4) is 12.3 Å². The molecule has 0 radical (unpaired) electrons. The topological polar surface area (TPSA) is 45.2 Å². The van der Waals surface area contributed by atoms with Crippen LogP contribution in [-0.4, -0.2) is 23.5 Å². The van der Waals surface area contributed by atoms with Gasteiger partial charge in [-0.1, -0.05) is 0 Å². The van der Waals surface area contributed by atoms with Crippen LogP contribution in [0.25, 0.3) is 0 Å². The van der Waals surface area contributed by atoms with Crippen molar-refractivity contribution in [1.29, 1.82) is 0 Å². The number of carbonyl (C=O) groups excluding carboxylic acids is 1. The first-order valence-corrected chi connectivity index (χ1v) is 6.85. The molecule has 0 saturated carbocycles. The van der Waals surface area contributed by atoms with Crippen molar-refractivity contribution >= 4 is 22.4 Å². The maximum atomic E-state index is 11.4. The third kappa shape index (κ3) is 4.13. The lowest BCUT2D eigenvalue weighted by molar-refractivity contribution is -0.116. The largest absolute Gasteiger partial charge is 0.308 e. The third-order valence-electron chi connectivity index (χ3n) is 2.52. The average molecular weight is 265 g/mol. The molecule has 1 atom stereocenters. The Morgan fingerprint density at radius 3 is 3.00 bits per heavy atom. The number of carbonyl (C=O) groups is 1. The maximum Gasteiger partial charge on any atom is 0.225 e. The van der Waals surface area contributed by atoms with E-state index < -0.39 is 0 Å². The second-order valence-corrected chi connectivity index (χ2v) is 4.91. The molecule has 1 N–H and O–H groups in total. The van der Waals surface area contributed by atoms with Crippen molar-refractivity contribution in [1.82, 2.24) is 10.3 Å². The number of aromatic nitrogens is 1. The van der Waals surface area contributed by atoms with Gasteiger partial charge in [0.05, 0.1) is 5.69 Å². The highest BCUT2D eigenvalue weighted by Crippen LogP contribution is 2.20. The molecular formula is C13H19N3OS. The van der Waals surface area contributed by atoms with Crippen LogP contribution in [0.1, 0.15) is 32.9 Å². The van der Waals surface area contributed by atoms with Crippen molar-refractivity contribution in [3.63, 3.8) is 0 Å². The molecule has 0 aliphatic heterocycles.